The molecule has 3 heterocycles. The SMILES string of the molecule is C[C@H]1COCCN1c1cc(CS(C)(=O)=O)nc(-c2ccc(NC(=O)N3CCN(C)C(=O)C3)cc2)n1. The maximum atomic E-state index is 12.5. The van der Waals surface area contributed by atoms with Gasteiger partial charge in [0.1, 0.15) is 12.4 Å². The molecule has 0 aliphatic carbocycles. The number of urea groups is 1. The number of nitrogens with one attached hydrogen (secondary N) is 1. The van der Waals surface area contributed by atoms with Gasteiger partial charge in [-0.1, -0.05) is 0 Å². The Balaban J connectivity index is 1.55. The summed E-state index contributed by atoms with van der Waals surface area (Å²) in [7, 11) is -1.57. The third-order valence-electron chi connectivity index (χ3n) is 5.98. The number of rotatable bonds is 5. The maximum absolute atomic E-state index is 12.5. The van der Waals surface area contributed by atoms with Crippen LogP contribution in [0, 0.1) is 0 Å². The quantitative estimate of drug-likeness (QED) is 0.647. The summed E-state index contributed by atoms with van der Waals surface area (Å²) in [5, 5.41) is 2.81. The minimum absolute atomic E-state index is 0.0458. The molecule has 2 fully saturated rings. The molecule has 4 rings (SSSR count). The number of nitrogens with zero attached hydrogens (tertiary/aromatic N) is 5. The van der Waals surface area contributed by atoms with Crippen molar-refractivity contribution in [3.63, 3.8) is 0 Å². The van der Waals surface area contributed by atoms with Crippen LogP contribution in [-0.4, -0.2) is 98.9 Å². The third kappa shape index (κ3) is 6.25. The molecule has 12 heteroatoms. The highest BCUT2D eigenvalue weighted by Gasteiger charge is 2.25. The summed E-state index contributed by atoms with van der Waals surface area (Å²) in [6.45, 7) is 4.82. The number of benzene rings is 1. The first-order chi connectivity index (χ1) is 16.6. The van der Waals surface area contributed by atoms with E-state index >= 15 is 0 Å². The summed E-state index contributed by atoms with van der Waals surface area (Å²) in [5.41, 5.74) is 1.68. The van der Waals surface area contributed by atoms with Crippen LogP contribution in [0.5, 0.6) is 0 Å². The van der Waals surface area contributed by atoms with Gasteiger partial charge in [0.2, 0.25) is 5.91 Å². The predicted octanol–water partition coefficient (Wildman–Crippen LogP) is 1.22. The number of anilines is 2. The highest BCUT2D eigenvalue weighted by atomic mass is 32.2. The second kappa shape index (κ2) is 10.2. The number of ether oxygens (including phenoxy) is 1. The molecule has 3 amide bonds. The van der Waals surface area contributed by atoms with E-state index in [1.165, 1.54) is 11.2 Å². The highest BCUT2D eigenvalue weighted by Crippen LogP contribution is 2.25. The van der Waals surface area contributed by atoms with E-state index in [0.29, 0.717) is 61.4 Å². The minimum atomic E-state index is -3.29. The Hall–Kier alpha value is -3.25. The van der Waals surface area contributed by atoms with E-state index in [2.05, 4.69) is 15.2 Å². The van der Waals surface area contributed by atoms with Crippen molar-refractivity contribution in [2.24, 2.45) is 0 Å². The van der Waals surface area contributed by atoms with Crippen LogP contribution in [0.1, 0.15) is 12.6 Å². The van der Waals surface area contributed by atoms with Crippen molar-refractivity contribution in [1.82, 2.24) is 19.8 Å². The molecule has 2 saturated heterocycles. The van der Waals surface area contributed by atoms with Crippen LogP contribution in [0.25, 0.3) is 11.4 Å². The molecule has 0 unspecified atom stereocenters. The number of carbonyl (C=O) groups is 2. The average Bonchev–Trinajstić information content (AvgIpc) is 2.80. The van der Waals surface area contributed by atoms with Gasteiger partial charge in [-0.3, -0.25) is 4.79 Å². The van der Waals surface area contributed by atoms with Crippen molar-refractivity contribution in [2.45, 2.75) is 18.7 Å². The van der Waals surface area contributed by atoms with Crippen LogP contribution in [0.15, 0.2) is 30.3 Å². The number of carbonyl (C=O) groups excluding carboxylic acids is 2. The molecular weight excluding hydrogens is 472 g/mol. The van der Waals surface area contributed by atoms with Crippen LogP contribution in [0.3, 0.4) is 0 Å². The Labute approximate surface area is 205 Å². The number of sulfone groups is 1. The number of likely N-dealkylation sites (N-methyl/N-ethyl adjacent to an activating group) is 1. The summed E-state index contributed by atoms with van der Waals surface area (Å²) in [5.74, 6) is 0.772. The van der Waals surface area contributed by atoms with E-state index in [4.69, 9.17) is 9.72 Å². The fraction of sp³-hybridized carbons (Fsp3) is 0.478. The molecule has 0 bridgehead atoms. The fourth-order valence-corrected chi connectivity index (χ4v) is 4.69. The van der Waals surface area contributed by atoms with Gasteiger partial charge in [-0.15, -0.1) is 0 Å². The second-order valence-electron chi connectivity index (χ2n) is 8.97. The van der Waals surface area contributed by atoms with Gasteiger partial charge in [-0.05, 0) is 31.2 Å². The van der Waals surface area contributed by atoms with Gasteiger partial charge < -0.3 is 24.8 Å². The molecule has 11 nitrogen and oxygen atoms in total. The minimum Gasteiger partial charge on any atom is -0.377 e. The number of morpholine rings is 1. The zero-order chi connectivity index (χ0) is 25.2. The lowest BCUT2D eigenvalue weighted by molar-refractivity contribution is -0.133. The zero-order valence-electron chi connectivity index (χ0n) is 20.1. The van der Waals surface area contributed by atoms with Gasteiger partial charge >= 0.3 is 6.03 Å². The van der Waals surface area contributed by atoms with Gasteiger partial charge in [-0.2, -0.15) is 0 Å². The van der Waals surface area contributed by atoms with Crippen molar-refractivity contribution in [1.29, 1.82) is 0 Å². The molecule has 0 spiro atoms. The predicted molar refractivity (Wildman–Crippen MR) is 132 cm³/mol. The smallest absolute Gasteiger partial charge is 0.322 e. The molecule has 0 saturated carbocycles. The topological polar surface area (TPSA) is 125 Å². The first-order valence-corrected chi connectivity index (χ1v) is 13.5. The Morgan fingerprint density at radius 2 is 1.91 bits per heavy atom. The number of hydrogen-bond donors (Lipinski definition) is 1. The number of amides is 3. The molecule has 0 radical (unpaired) electrons. The molecule has 1 aromatic carbocycles. The number of hydrogen-bond acceptors (Lipinski definition) is 8. The first kappa shape index (κ1) is 24.9. The van der Waals surface area contributed by atoms with Gasteiger partial charge in [0.25, 0.3) is 0 Å². The molecular formula is C23H30N6O5S. The van der Waals surface area contributed by atoms with Crippen molar-refractivity contribution in [3.05, 3.63) is 36.0 Å². The van der Waals surface area contributed by atoms with Gasteiger partial charge in [0, 0.05) is 50.3 Å². The van der Waals surface area contributed by atoms with E-state index in [0.717, 1.165) is 0 Å². The molecule has 188 valence electrons. The summed E-state index contributed by atoms with van der Waals surface area (Å²) in [6, 6.07) is 8.49. The largest absolute Gasteiger partial charge is 0.377 e. The Morgan fingerprint density at radius 1 is 1.17 bits per heavy atom. The van der Waals surface area contributed by atoms with E-state index in [1.54, 1.807) is 42.3 Å². The van der Waals surface area contributed by atoms with Crippen molar-refractivity contribution in [2.75, 3.05) is 62.9 Å². The van der Waals surface area contributed by atoms with Gasteiger partial charge in [-0.25, -0.2) is 23.2 Å². The number of piperazine rings is 1. The Kier molecular flexibility index (Phi) is 7.22. The van der Waals surface area contributed by atoms with Crippen LogP contribution in [-0.2, 0) is 25.1 Å². The lowest BCUT2D eigenvalue weighted by Crippen LogP contribution is -2.51. The van der Waals surface area contributed by atoms with Gasteiger partial charge in [0.15, 0.2) is 15.7 Å². The molecule has 2 aromatic rings. The zero-order valence-corrected chi connectivity index (χ0v) is 20.9. The normalized spacial score (nSPS) is 19.1. The van der Waals surface area contributed by atoms with Crippen molar-refractivity contribution in [3.8, 4) is 11.4 Å². The molecule has 1 N–H and O–H groups in total. The number of aromatic nitrogens is 2. The van der Waals surface area contributed by atoms with E-state index in [-0.39, 0.29) is 30.3 Å². The fourth-order valence-electron chi connectivity index (χ4n) is 4.01. The van der Waals surface area contributed by atoms with Crippen LogP contribution >= 0.6 is 0 Å². The van der Waals surface area contributed by atoms with Crippen molar-refractivity contribution < 1.29 is 22.7 Å². The van der Waals surface area contributed by atoms with E-state index in [9.17, 15) is 18.0 Å². The molecule has 1 aromatic heterocycles. The maximum Gasteiger partial charge on any atom is 0.322 e. The highest BCUT2D eigenvalue weighted by molar-refractivity contribution is 7.89. The van der Waals surface area contributed by atoms with Gasteiger partial charge in [0.05, 0.1) is 30.7 Å². The van der Waals surface area contributed by atoms with E-state index in [1.807, 2.05) is 6.92 Å². The van der Waals surface area contributed by atoms with Crippen LogP contribution in [0.4, 0.5) is 16.3 Å². The summed E-state index contributed by atoms with van der Waals surface area (Å²) in [6.07, 6.45) is 1.18. The molecule has 2 aliphatic rings. The van der Waals surface area contributed by atoms with E-state index < -0.39 is 9.84 Å². The summed E-state index contributed by atoms with van der Waals surface area (Å²) < 4.78 is 29.4. The lowest BCUT2D eigenvalue weighted by Gasteiger charge is -2.34. The standard InChI is InChI=1S/C23H30N6O5S/c1-16-14-34-11-10-29(16)20-12-19(15-35(3,32)33)24-22(26-20)17-4-6-18(7-5-17)25-23(31)28-9-8-27(2)21(30)13-28/h4-7,12,16H,8-11,13-15H2,1-3H3,(H,25,31)/t16-/m0/s1. The summed E-state index contributed by atoms with van der Waals surface area (Å²) in [4.78, 5) is 38.8. The first-order valence-electron chi connectivity index (χ1n) is 11.4. The summed E-state index contributed by atoms with van der Waals surface area (Å²) >= 11 is 0. The third-order valence-corrected chi connectivity index (χ3v) is 6.80. The Bertz CT molecular complexity index is 1200. The molecule has 1 atom stereocenters. The van der Waals surface area contributed by atoms with Crippen molar-refractivity contribution >= 4 is 33.3 Å². The molecule has 2 aliphatic heterocycles. The monoisotopic (exact) mass is 502 g/mol. The molecule has 35 heavy (non-hydrogen) atoms. The second-order valence-corrected chi connectivity index (χ2v) is 11.1. The average molecular weight is 503 g/mol. The van der Waals surface area contributed by atoms with Crippen LogP contribution in [0.2, 0.25) is 0 Å². The Morgan fingerprint density at radius 3 is 2.57 bits per heavy atom. The lowest BCUT2D eigenvalue weighted by atomic mass is 10.2. The van der Waals surface area contributed by atoms with Crippen LogP contribution < -0.4 is 10.2 Å².